The number of carbonyl (C=O) groups excluding carboxylic acids is 2. The quantitative estimate of drug-likeness (QED) is 0.752. The second kappa shape index (κ2) is 9.80. The monoisotopic (exact) mass is 388 g/mol. The molecule has 1 unspecified atom stereocenters. The van der Waals surface area contributed by atoms with Crippen molar-refractivity contribution in [3.8, 4) is 11.5 Å². The second-order valence-corrected chi connectivity index (χ2v) is 7.77. The molecule has 0 aliphatic carbocycles. The van der Waals surface area contributed by atoms with Crippen LogP contribution in [-0.4, -0.2) is 62.0 Å². The molecule has 3 rings (SSSR count). The molecule has 2 aliphatic rings. The number of methoxy groups -OCH3 is 2. The van der Waals surface area contributed by atoms with E-state index in [4.69, 9.17) is 9.47 Å². The molecule has 154 valence electrons. The molecule has 2 saturated heterocycles. The Bertz CT molecular complexity index is 683. The Labute approximate surface area is 167 Å². The van der Waals surface area contributed by atoms with Gasteiger partial charge in [0.2, 0.25) is 11.8 Å². The number of hydrogen-bond donors (Lipinski definition) is 0. The minimum absolute atomic E-state index is 0.0888. The maximum Gasteiger partial charge on any atom is 0.227 e. The van der Waals surface area contributed by atoms with Crippen LogP contribution < -0.4 is 9.47 Å². The number of nitrogens with zero attached hydrogens (tertiary/aromatic N) is 2. The fraction of sp³-hybridized carbons (Fsp3) is 0.636. The number of carbonyl (C=O) groups is 2. The Morgan fingerprint density at radius 3 is 2.39 bits per heavy atom. The van der Waals surface area contributed by atoms with Gasteiger partial charge in [-0.3, -0.25) is 9.59 Å². The molecule has 1 aromatic rings. The molecule has 1 atom stereocenters. The molecule has 2 aliphatic heterocycles. The molecule has 0 bridgehead atoms. The molecule has 6 heteroatoms. The summed E-state index contributed by atoms with van der Waals surface area (Å²) in [4.78, 5) is 29.2. The molecule has 2 amide bonds. The smallest absolute Gasteiger partial charge is 0.227 e. The third-order valence-corrected chi connectivity index (χ3v) is 5.85. The van der Waals surface area contributed by atoms with E-state index in [2.05, 4.69) is 0 Å². The van der Waals surface area contributed by atoms with Gasteiger partial charge in [-0.1, -0.05) is 25.3 Å². The number of rotatable bonds is 6. The normalized spacial score (nSPS) is 20.6. The van der Waals surface area contributed by atoms with Crippen LogP contribution in [0.4, 0.5) is 0 Å². The maximum absolute atomic E-state index is 12.9. The van der Waals surface area contributed by atoms with Gasteiger partial charge < -0.3 is 19.3 Å². The highest BCUT2D eigenvalue weighted by atomic mass is 16.5. The summed E-state index contributed by atoms with van der Waals surface area (Å²) in [6.07, 6.45) is 6.91. The van der Waals surface area contributed by atoms with Crippen LogP contribution in [0.15, 0.2) is 18.2 Å². The summed E-state index contributed by atoms with van der Waals surface area (Å²) in [5.41, 5.74) is 1.09. The highest BCUT2D eigenvalue weighted by Crippen LogP contribution is 2.28. The molecule has 0 radical (unpaired) electrons. The summed E-state index contributed by atoms with van der Waals surface area (Å²) in [6, 6.07) is 5.82. The Kier molecular flexibility index (Phi) is 7.18. The SMILES string of the molecule is COc1ccc(CCN2CC(C(=O)N3CCCCCCC3)CC2=O)cc1OC. The van der Waals surface area contributed by atoms with E-state index in [1.165, 1.54) is 19.3 Å². The van der Waals surface area contributed by atoms with Crippen molar-refractivity contribution in [2.75, 3.05) is 40.4 Å². The summed E-state index contributed by atoms with van der Waals surface area (Å²) in [5.74, 6) is 1.47. The number of hydrogen-bond acceptors (Lipinski definition) is 4. The van der Waals surface area contributed by atoms with Crippen molar-refractivity contribution in [2.24, 2.45) is 5.92 Å². The van der Waals surface area contributed by atoms with E-state index in [0.717, 1.165) is 37.9 Å². The lowest BCUT2D eigenvalue weighted by Crippen LogP contribution is -2.39. The third kappa shape index (κ3) is 4.97. The molecule has 6 nitrogen and oxygen atoms in total. The number of likely N-dealkylation sites (tertiary alicyclic amines) is 2. The summed E-state index contributed by atoms with van der Waals surface area (Å²) < 4.78 is 10.6. The van der Waals surface area contributed by atoms with Crippen LogP contribution in [0, 0.1) is 5.92 Å². The molecule has 2 fully saturated rings. The summed E-state index contributed by atoms with van der Waals surface area (Å²) in [6.45, 7) is 2.85. The molecule has 0 saturated carbocycles. The number of amides is 2. The van der Waals surface area contributed by atoms with E-state index in [1.54, 1.807) is 14.2 Å². The van der Waals surface area contributed by atoms with Gasteiger partial charge in [-0.05, 0) is 37.0 Å². The van der Waals surface area contributed by atoms with Gasteiger partial charge in [-0.15, -0.1) is 0 Å². The zero-order chi connectivity index (χ0) is 19.9. The fourth-order valence-electron chi connectivity index (χ4n) is 4.18. The third-order valence-electron chi connectivity index (χ3n) is 5.85. The zero-order valence-electron chi connectivity index (χ0n) is 17.1. The van der Waals surface area contributed by atoms with Crippen LogP contribution in [0.25, 0.3) is 0 Å². The van der Waals surface area contributed by atoms with Crippen molar-refractivity contribution in [1.29, 1.82) is 0 Å². The molecular formula is C22H32N2O4. The molecule has 0 aromatic heterocycles. The first-order valence-electron chi connectivity index (χ1n) is 10.4. The van der Waals surface area contributed by atoms with Crippen LogP contribution in [0.5, 0.6) is 11.5 Å². The molecule has 0 spiro atoms. The van der Waals surface area contributed by atoms with E-state index in [1.807, 2.05) is 28.0 Å². The minimum atomic E-state index is -0.183. The topological polar surface area (TPSA) is 59.1 Å². The van der Waals surface area contributed by atoms with Crippen LogP contribution in [0.3, 0.4) is 0 Å². The Balaban J connectivity index is 1.55. The van der Waals surface area contributed by atoms with E-state index in [0.29, 0.717) is 31.0 Å². The number of benzene rings is 1. The van der Waals surface area contributed by atoms with E-state index >= 15 is 0 Å². The van der Waals surface area contributed by atoms with Crippen molar-refractivity contribution in [3.63, 3.8) is 0 Å². The predicted molar refractivity (Wildman–Crippen MR) is 108 cm³/mol. The first-order chi connectivity index (χ1) is 13.6. The van der Waals surface area contributed by atoms with Crippen LogP contribution in [0.1, 0.15) is 44.1 Å². The molecular weight excluding hydrogens is 356 g/mol. The lowest BCUT2D eigenvalue weighted by molar-refractivity contribution is -0.136. The van der Waals surface area contributed by atoms with Crippen molar-refractivity contribution in [1.82, 2.24) is 9.80 Å². The molecule has 1 aromatic carbocycles. The van der Waals surface area contributed by atoms with Gasteiger partial charge >= 0.3 is 0 Å². The Morgan fingerprint density at radius 1 is 1.04 bits per heavy atom. The van der Waals surface area contributed by atoms with Gasteiger partial charge in [0, 0.05) is 32.6 Å². The Morgan fingerprint density at radius 2 is 1.71 bits per heavy atom. The van der Waals surface area contributed by atoms with Gasteiger partial charge in [0.05, 0.1) is 20.1 Å². The zero-order valence-corrected chi connectivity index (χ0v) is 17.1. The van der Waals surface area contributed by atoms with Gasteiger partial charge in [0.25, 0.3) is 0 Å². The van der Waals surface area contributed by atoms with Gasteiger partial charge in [-0.25, -0.2) is 0 Å². The first kappa shape index (κ1) is 20.5. The summed E-state index contributed by atoms with van der Waals surface area (Å²) in [7, 11) is 3.23. The second-order valence-electron chi connectivity index (χ2n) is 7.77. The molecule has 0 N–H and O–H groups in total. The lowest BCUT2D eigenvalue weighted by Gasteiger charge is -2.27. The van der Waals surface area contributed by atoms with Gasteiger partial charge in [0.1, 0.15) is 0 Å². The summed E-state index contributed by atoms with van der Waals surface area (Å²) >= 11 is 0. The van der Waals surface area contributed by atoms with Gasteiger partial charge in [0.15, 0.2) is 11.5 Å². The average Bonchev–Trinajstić information content (AvgIpc) is 3.06. The minimum Gasteiger partial charge on any atom is -0.493 e. The highest BCUT2D eigenvalue weighted by molar-refractivity contribution is 5.89. The number of ether oxygens (including phenoxy) is 2. The first-order valence-corrected chi connectivity index (χ1v) is 10.4. The molecule has 2 heterocycles. The van der Waals surface area contributed by atoms with Crippen LogP contribution in [0.2, 0.25) is 0 Å². The van der Waals surface area contributed by atoms with E-state index in [9.17, 15) is 9.59 Å². The van der Waals surface area contributed by atoms with Crippen molar-refractivity contribution in [3.05, 3.63) is 23.8 Å². The standard InChI is InChI=1S/C22H32N2O4/c1-27-19-9-8-17(14-20(19)28-2)10-13-24-16-18(15-21(24)25)22(26)23-11-6-4-3-5-7-12-23/h8-9,14,18H,3-7,10-13,15-16H2,1-2H3. The average molecular weight is 389 g/mol. The largest absolute Gasteiger partial charge is 0.493 e. The van der Waals surface area contributed by atoms with Crippen LogP contribution in [-0.2, 0) is 16.0 Å². The summed E-state index contributed by atoms with van der Waals surface area (Å²) in [5, 5.41) is 0. The lowest BCUT2D eigenvalue weighted by atomic mass is 10.0. The predicted octanol–water partition coefficient (Wildman–Crippen LogP) is 2.89. The van der Waals surface area contributed by atoms with E-state index in [-0.39, 0.29) is 17.7 Å². The maximum atomic E-state index is 12.9. The van der Waals surface area contributed by atoms with Gasteiger partial charge in [-0.2, -0.15) is 0 Å². The Hall–Kier alpha value is -2.24. The van der Waals surface area contributed by atoms with Crippen LogP contribution >= 0.6 is 0 Å². The van der Waals surface area contributed by atoms with Crippen molar-refractivity contribution in [2.45, 2.75) is 44.9 Å². The van der Waals surface area contributed by atoms with Crippen molar-refractivity contribution >= 4 is 11.8 Å². The van der Waals surface area contributed by atoms with E-state index < -0.39 is 0 Å². The highest BCUT2D eigenvalue weighted by Gasteiger charge is 2.36. The fourth-order valence-corrected chi connectivity index (χ4v) is 4.18. The van der Waals surface area contributed by atoms with Crippen molar-refractivity contribution < 1.29 is 19.1 Å². The molecule has 28 heavy (non-hydrogen) atoms.